The molecule has 1 rings (SSSR count). The van der Waals surface area contributed by atoms with Crippen LogP contribution < -0.4 is 0 Å². The summed E-state index contributed by atoms with van der Waals surface area (Å²) in [6, 6.07) is 0. The summed E-state index contributed by atoms with van der Waals surface area (Å²) in [4.78, 5) is 0. The second-order valence-corrected chi connectivity index (χ2v) is 7.70. The van der Waals surface area contributed by atoms with Gasteiger partial charge in [-0.3, -0.25) is 0 Å². The van der Waals surface area contributed by atoms with Crippen molar-refractivity contribution in [1.29, 1.82) is 0 Å². The van der Waals surface area contributed by atoms with Crippen molar-refractivity contribution in [2.75, 3.05) is 13.3 Å². The van der Waals surface area contributed by atoms with Gasteiger partial charge in [0.05, 0.1) is 0 Å². The van der Waals surface area contributed by atoms with Gasteiger partial charge in [-0.2, -0.15) is 0 Å². The van der Waals surface area contributed by atoms with E-state index in [2.05, 4.69) is 51.5 Å². The maximum atomic E-state index is 2.43. The van der Waals surface area contributed by atoms with E-state index in [9.17, 15) is 0 Å². The molecule has 0 unspecified atom stereocenters. The molecule has 0 fully saturated rings. The van der Waals surface area contributed by atoms with Gasteiger partial charge in [-0.15, -0.1) is 0 Å². The molecule has 1 heteroatoms. The number of hydrogen-bond donors (Lipinski definition) is 0. The average Bonchev–Trinajstić information content (AvgIpc) is 2.86. The molecule has 0 atom stereocenters. The van der Waals surface area contributed by atoms with Crippen molar-refractivity contribution in [2.24, 2.45) is 5.92 Å². The Bertz CT molecular complexity index is 309. The molecule has 0 saturated heterocycles. The quantitative estimate of drug-likeness (QED) is 0.464. The first-order valence-electron chi connectivity index (χ1n) is 7.44. The molecule has 0 spiro atoms. The van der Waals surface area contributed by atoms with Crippen LogP contribution in [0.4, 0.5) is 0 Å². The van der Waals surface area contributed by atoms with Gasteiger partial charge < -0.3 is 0 Å². The van der Waals surface area contributed by atoms with Gasteiger partial charge in [0.15, 0.2) is 0 Å². The molecule has 0 aromatic heterocycles. The summed E-state index contributed by atoms with van der Waals surface area (Å²) in [6.45, 7) is 9.44. The van der Waals surface area contributed by atoms with Crippen molar-refractivity contribution in [2.45, 2.75) is 52.4 Å². The van der Waals surface area contributed by atoms with Crippen LogP contribution in [0.2, 0.25) is 0 Å². The Balaban J connectivity index is 2.91. The van der Waals surface area contributed by atoms with E-state index in [0.717, 1.165) is 0 Å². The Kier molecular flexibility index (Phi) is 7.59. The summed E-state index contributed by atoms with van der Waals surface area (Å²) in [6.07, 6.45) is 17.1. The van der Waals surface area contributed by atoms with Crippen molar-refractivity contribution in [1.82, 2.24) is 0 Å². The van der Waals surface area contributed by atoms with Crippen molar-refractivity contribution in [3.05, 3.63) is 35.2 Å². The molecule has 102 valence electrons. The fourth-order valence-electron chi connectivity index (χ4n) is 2.55. The summed E-state index contributed by atoms with van der Waals surface area (Å²) >= 11 is 0. The molecule has 0 heterocycles. The van der Waals surface area contributed by atoms with Crippen molar-refractivity contribution in [3.8, 4) is 0 Å². The van der Waals surface area contributed by atoms with Gasteiger partial charge in [0, 0.05) is 5.92 Å². The van der Waals surface area contributed by atoms with Gasteiger partial charge in [-0.25, -0.2) is 0 Å². The van der Waals surface area contributed by atoms with E-state index in [1.165, 1.54) is 38.5 Å². The lowest BCUT2D eigenvalue weighted by Gasteiger charge is -2.22. The zero-order valence-corrected chi connectivity index (χ0v) is 13.5. The highest BCUT2D eigenvalue weighted by molar-refractivity contribution is 7.60. The van der Waals surface area contributed by atoms with Crippen LogP contribution in [0.5, 0.6) is 0 Å². The van der Waals surface area contributed by atoms with Gasteiger partial charge >= 0.3 is 0 Å². The molecule has 1 aliphatic rings. The number of allylic oxidation sites excluding steroid dienone is 6. The predicted octanol–water partition coefficient (Wildman–Crippen LogP) is 6.10. The molecule has 0 aromatic carbocycles. The standard InChI is InChI=1S/C17H29P/c1-5-7-13-16(15-11-9-10-12-15)17(18(3)4)14-8-6-2/h9-12,15H,5-8,13-14H2,1-4H3. The topological polar surface area (TPSA) is 0 Å². The molecule has 0 saturated carbocycles. The number of hydrogen-bond acceptors (Lipinski definition) is 0. The van der Waals surface area contributed by atoms with Crippen LogP contribution in [0.1, 0.15) is 52.4 Å². The number of rotatable bonds is 8. The third kappa shape index (κ3) is 4.73. The summed E-state index contributed by atoms with van der Waals surface area (Å²) < 4.78 is 0. The largest absolute Gasteiger partial charge is 0.0861 e. The zero-order valence-electron chi connectivity index (χ0n) is 12.6. The lowest BCUT2D eigenvalue weighted by Crippen LogP contribution is -2.01. The minimum absolute atomic E-state index is 0.0643. The minimum atomic E-state index is 0.0643. The lowest BCUT2D eigenvalue weighted by molar-refractivity contribution is 0.723. The molecule has 0 N–H and O–H groups in total. The molecular weight excluding hydrogens is 235 g/mol. The van der Waals surface area contributed by atoms with E-state index in [1.54, 1.807) is 10.9 Å². The summed E-state index contributed by atoms with van der Waals surface area (Å²) in [7, 11) is 0.0643. The smallest absolute Gasteiger partial charge is 0.0169 e. The Labute approximate surface area is 115 Å². The Morgan fingerprint density at radius 2 is 1.50 bits per heavy atom. The van der Waals surface area contributed by atoms with Crippen LogP contribution in [-0.4, -0.2) is 13.3 Å². The second-order valence-electron chi connectivity index (χ2n) is 5.37. The van der Waals surface area contributed by atoms with Crippen LogP contribution >= 0.6 is 7.92 Å². The Morgan fingerprint density at radius 1 is 0.944 bits per heavy atom. The van der Waals surface area contributed by atoms with Gasteiger partial charge in [-0.05, 0) is 44.3 Å². The maximum Gasteiger partial charge on any atom is 0.0169 e. The molecule has 0 bridgehead atoms. The highest BCUT2D eigenvalue weighted by atomic mass is 31.1. The SMILES string of the molecule is CCCCC(=C(CCCC)P(C)C)C1C=CC=C1. The summed E-state index contributed by atoms with van der Waals surface area (Å²) in [5, 5.41) is 1.79. The minimum Gasteiger partial charge on any atom is -0.0861 e. The summed E-state index contributed by atoms with van der Waals surface area (Å²) in [5.74, 6) is 0.605. The fourth-order valence-corrected chi connectivity index (χ4v) is 3.99. The van der Waals surface area contributed by atoms with Crippen LogP contribution in [0.15, 0.2) is 35.2 Å². The Hall–Kier alpha value is -0.350. The molecule has 0 amide bonds. The third-order valence-corrected chi connectivity index (χ3v) is 5.22. The highest BCUT2D eigenvalue weighted by Crippen LogP contribution is 2.45. The molecule has 1 aliphatic carbocycles. The Morgan fingerprint density at radius 3 is 2.00 bits per heavy atom. The second kappa shape index (κ2) is 8.70. The van der Waals surface area contributed by atoms with Crippen molar-refractivity contribution in [3.63, 3.8) is 0 Å². The molecule has 0 radical (unpaired) electrons. The van der Waals surface area contributed by atoms with Crippen LogP contribution in [0.25, 0.3) is 0 Å². The van der Waals surface area contributed by atoms with Crippen LogP contribution in [0, 0.1) is 5.92 Å². The molecule has 0 aliphatic heterocycles. The summed E-state index contributed by atoms with van der Waals surface area (Å²) in [5.41, 5.74) is 1.74. The van der Waals surface area contributed by atoms with Gasteiger partial charge in [0.25, 0.3) is 0 Å². The van der Waals surface area contributed by atoms with Crippen molar-refractivity contribution >= 4 is 7.92 Å². The first-order chi connectivity index (χ1) is 8.70. The molecule has 18 heavy (non-hydrogen) atoms. The zero-order chi connectivity index (χ0) is 13.4. The van der Waals surface area contributed by atoms with Gasteiger partial charge in [-0.1, -0.05) is 64.5 Å². The van der Waals surface area contributed by atoms with E-state index in [-0.39, 0.29) is 7.92 Å². The third-order valence-electron chi connectivity index (χ3n) is 3.63. The first-order valence-corrected chi connectivity index (χ1v) is 9.68. The van der Waals surface area contributed by atoms with Gasteiger partial charge in [0.2, 0.25) is 0 Å². The van der Waals surface area contributed by atoms with Crippen LogP contribution in [-0.2, 0) is 0 Å². The highest BCUT2D eigenvalue weighted by Gasteiger charge is 2.17. The van der Waals surface area contributed by atoms with E-state index >= 15 is 0 Å². The fraction of sp³-hybridized carbons (Fsp3) is 0.647. The molecule has 0 aromatic rings. The van der Waals surface area contributed by atoms with Crippen molar-refractivity contribution < 1.29 is 0 Å². The molecule has 0 nitrogen and oxygen atoms in total. The van der Waals surface area contributed by atoms with Crippen LogP contribution in [0.3, 0.4) is 0 Å². The van der Waals surface area contributed by atoms with E-state index < -0.39 is 0 Å². The predicted molar refractivity (Wildman–Crippen MR) is 86.6 cm³/mol. The average molecular weight is 264 g/mol. The lowest BCUT2D eigenvalue weighted by atomic mass is 9.94. The normalized spacial score (nSPS) is 16.7. The number of unbranched alkanes of at least 4 members (excludes halogenated alkanes) is 2. The maximum absolute atomic E-state index is 2.43. The van der Waals surface area contributed by atoms with E-state index in [0.29, 0.717) is 5.92 Å². The van der Waals surface area contributed by atoms with E-state index in [1.807, 2.05) is 0 Å². The molecular formula is C17H29P. The van der Waals surface area contributed by atoms with Gasteiger partial charge in [0.1, 0.15) is 0 Å². The van der Waals surface area contributed by atoms with E-state index in [4.69, 9.17) is 0 Å². The monoisotopic (exact) mass is 264 g/mol. The first kappa shape index (κ1) is 15.7.